The van der Waals surface area contributed by atoms with Gasteiger partial charge >= 0.3 is 6.03 Å². The van der Waals surface area contributed by atoms with E-state index in [1.54, 1.807) is 17.0 Å². The molecule has 0 spiro atoms. The second-order valence-corrected chi connectivity index (χ2v) is 6.99. The van der Waals surface area contributed by atoms with Gasteiger partial charge in [-0.15, -0.1) is 0 Å². The summed E-state index contributed by atoms with van der Waals surface area (Å²) in [4.78, 5) is 16.3. The molecular formula is C22H25FN4O. The first-order chi connectivity index (χ1) is 13.5. The summed E-state index contributed by atoms with van der Waals surface area (Å²) in [6, 6.07) is 14.7. The normalized spacial score (nSPS) is 15.1. The number of piperazine rings is 1. The number of rotatable bonds is 4. The molecule has 2 aromatic rings. The maximum atomic E-state index is 13.8. The standard InChI is InChI=1S/C22H25FN4O/c1-3-17-7-9-18(10-8-17)16(2)25-22(28)27-13-11-26(12-14-27)21-6-4-5-20(23)19(21)15-24/h4-10,16H,3,11-14H2,1-2H3,(H,25,28). The van der Waals surface area contributed by atoms with E-state index in [1.807, 2.05) is 17.9 Å². The molecule has 0 aliphatic carbocycles. The Balaban J connectivity index is 1.58. The van der Waals surface area contributed by atoms with Crippen LogP contribution in [-0.2, 0) is 6.42 Å². The number of urea groups is 1. The lowest BCUT2D eigenvalue weighted by atomic mass is 10.1. The highest BCUT2D eigenvalue weighted by Crippen LogP contribution is 2.24. The van der Waals surface area contributed by atoms with Gasteiger partial charge in [-0.3, -0.25) is 0 Å². The van der Waals surface area contributed by atoms with Crippen LogP contribution in [0, 0.1) is 17.1 Å². The van der Waals surface area contributed by atoms with Crippen LogP contribution in [0.15, 0.2) is 42.5 Å². The third kappa shape index (κ3) is 4.25. The largest absolute Gasteiger partial charge is 0.367 e. The highest BCUT2D eigenvalue weighted by atomic mass is 19.1. The maximum absolute atomic E-state index is 13.8. The van der Waals surface area contributed by atoms with Gasteiger partial charge in [-0.05, 0) is 36.6 Å². The van der Waals surface area contributed by atoms with Crippen LogP contribution in [0.25, 0.3) is 0 Å². The Morgan fingerprint density at radius 2 is 1.86 bits per heavy atom. The quantitative estimate of drug-likeness (QED) is 0.876. The topological polar surface area (TPSA) is 59.4 Å². The Labute approximate surface area is 165 Å². The second-order valence-electron chi connectivity index (χ2n) is 6.99. The van der Waals surface area contributed by atoms with Crippen molar-refractivity contribution in [1.29, 1.82) is 5.26 Å². The van der Waals surface area contributed by atoms with E-state index in [0.717, 1.165) is 12.0 Å². The molecule has 28 heavy (non-hydrogen) atoms. The van der Waals surface area contributed by atoms with Gasteiger partial charge in [0.25, 0.3) is 0 Å². The van der Waals surface area contributed by atoms with Crippen molar-refractivity contribution in [2.45, 2.75) is 26.3 Å². The number of amides is 2. The Morgan fingerprint density at radius 3 is 2.46 bits per heavy atom. The smallest absolute Gasteiger partial charge is 0.317 e. The van der Waals surface area contributed by atoms with E-state index in [9.17, 15) is 14.4 Å². The number of nitriles is 1. The fraction of sp³-hybridized carbons (Fsp3) is 0.364. The summed E-state index contributed by atoms with van der Waals surface area (Å²) in [5.41, 5.74) is 2.99. The van der Waals surface area contributed by atoms with Crippen molar-refractivity contribution in [2.75, 3.05) is 31.1 Å². The second kappa shape index (κ2) is 8.75. The Bertz CT molecular complexity index is 867. The average Bonchev–Trinajstić information content (AvgIpc) is 2.73. The minimum Gasteiger partial charge on any atom is -0.367 e. The van der Waals surface area contributed by atoms with Gasteiger partial charge in [0, 0.05) is 26.2 Å². The van der Waals surface area contributed by atoms with Gasteiger partial charge in [0.1, 0.15) is 17.4 Å². The number of nitrogens with zero attached hydrogens (tertiary/aromatic N) is 3. The molecule has 2 aromatic carbocycles. The zero-order valence-electron chi connectivity index (χ0n) is 16.3. The number of carbonyl (C=O) groups excluding carboxylic acids is 1. The number of nitrogens with one attached hydrogen (secondary N) is 1. The molecular weight excluding hydrogens is 355 g/mol. The molecule has 6 heteroatoms. The van der Waals surface area contributed by atoms with Crippen LogP contribution in [-0.4, -0.2) is 37.1 Å². The van der Waals surface area contributed by atoms with Gasteiger partial charge in [-0.1, -0.05) is 37.3 Å². The third-order valence-corrected chi connectivity index (χ3v) is 5.24. The molecule has 1 N–H and O–H groups in total. The van der Waals surface area contributed by atoms with E-state index in [-0.39, 0.29) is 17.6 Å². The molecule has 1 saturated heterocycles. The predicted octanol–water partition coefficient (Wildman–Crippen LogP) is 3.85. The van der Waals surface area contributed by atoms with Crippen molar-refractivity contribution in [3.05, 3.63) is 65.0 Å². The van der Waals surface area contributed by atoms with Gasteiger partial charge < -0.3 is 15.1 Å². The summed E-state index contributed by atoms with van der Waals surface area (Å²) in [7, 11) is 0. The third-order valence-electron chi connectivity index (χ3n) is 5.24. The number of anilines is 1. The lowest BCUT2D eigenvalue weighted by molar-refractivity contribution is 0.191. The van der Waals surface area contributed by atoms with Crippen molar-refractivity contribution >= 4 is 11.7 Å². The minimum absolute atomic E-state index is 0.0598. The first-order valence-electron chi connectivity index (χ1n) is 9.61. The van der Waals surface area contributed by atoms with E-state index in [4.69, 9.17) is 0 Å². The summed E-state index contributed by atoms with van der Waals surface area (Å²) < 4.78 is 13.8. The molecule has 1 fully saturated rings. The summed E-state index contributed by atoms with van der Waals surface area (Å²) in [5.74, 6) is -0.511. The molecule has 0 radical (unpaired) electrons. The first-order valence-corrected chi connectivity index (χ1v) is 9.61. The average molecular weight is 380 g/mol. The molecule has 1 aliphatic heterocycles. The van der Waals surface area contributed by atoms with Crippen molar-refractivity contribution in [3.63, 3.8) is 0 Å². The van der Waals surface area contributed by atoms with Gasteiger partial charge in [0.2, 0.25) is 0 Å². The molecule has 1 atom stereocenters. The first kappa shape index (κ1) is 19.7. The molecule has 0 saturated carbocycles. The van der Waals surface area contributed by atoms with Crippen LogP contribution < -0.4 is 10.2 Å². The number of aryl methyl sites for hydroxylation is 1. The number of hydrogen-bond donors (Lipinski definition) is 1. The van der Waals surface area contributed by atoms with E-state index in [0.29, 0.717) is 31.9 Å². The summed E-state index contributed by atoms with van der Waals surface area (Å²) in [5, 5.41) is 12.3. The molecule has 2 amide bonds. The molecule has 5 nitrogen and oxygen atoms in total. The van der Waals surface area contributed by atoms with E-state index < -0.39 is 5.82 Å². The summed E-state index contributed by atoms with van der Waals surface area (Å²) in [6.07, 6.45) is 0.990. The lowest BCUT2D eigenvalue weighted by Gasteiger charge is -2.37. The Morgan fingerprint density at radius 1 is 1.18 bits per heavy atom. The Hall–Kier alpha value is -3.07. The molecule has 3 rings (SSSR count). The van der Waals surface area contributed by atoms with Crippen molar-refractivity contribution in [1.82, 2.24) is 10.2 Å². The van der Waals surface area contributed by atoms with Crippen LogP contribution in [0.2, 0.25) is 0 Å². The summed E-state index contributed by atoms with van der Waals surface area (Å²) in [6.45, 7) is 6.25. The number of halogens is 1. The number of hydrogen-bond acceptors (Lipinski definition) is 3. The monoisotopic (exact) mass is 380 g/mol. The summed E-state index contributed by atoms with van der Waals surface area (Å²) >= 11 is 0. The number of carbonyl (C=O) groups is 1. The van der Waals surface area contributed by atoms with Crippen LogP contribution in [0.5, 0.6) is 0 Å². The fourth-order valence-electron chi connectivity index (χ4n) is 3.44. The highest BCUT2D eigenvalue weighted by Gasteiger charge is 2.24. The van der Waals surface area contributed by atoms with Gasteiger partial charge in [0.05, 0.1) is 11.7 Å². The predicted molar refractivity (Wildman–Crippen MR) is 108 cm³/mol. The molecule has 1 heterocycles. The molecule has 0 aromatic heterocycles. The van der Waals surface area contributed by atoms with Gasteiger partial charge in [0.15, 0.2) is 0 Å². The molecule has 1 unspecified atom stereocenters. The van der Waals surface area contributed by atoms with E-state index in [1.165, 1.54) is 11.6 Å². The zero-order valence-corrected chi connectivity index (χ0v) is 16.3. The molecule has 146 valence electrons. The Kier molecular flexibility index (Phi) is 6.15. The number of benzene rings is 2. The van der Waals surface area contributed by atoms with E-state index >= 15 is 0 Å². The lowest BCUT2D eigenvalue weighted by Crippen LogP contribution is -2.52. The van der Waals surface area contributed by atoms with Crippen LogP contribution in [0.4, 0.5) is 14.9 Å². The van der Waals surface area contributed by atoms with Crippen molar-refractivity contribution in [2.24, 2.45) is 0 Å². The fourth-order valence-corrected chi connectivity index (χ4v) is 3.44. The van der Waals surface area contributed by atoms with Crippen molar-refractivity contribution < 1.29 is 9.18 Å². The van der Waals surface area contributed by atoms with Crippen molar-refractivity contribution in [3.8, 4) is 6.07 Å². The highest BCUT2D eigenvalue weighted by molar-refractivity contribution is 5.75. The zero-order chi connectivity index (χ0) is 20.1. The SMILES string of the molecule is CCc1ccc(C(C)NC(=O)N2CCN(c3cccc(F)c3C#N)CC2)cc1. The maximum Gasteiger partial charge on any atom is 0.317 e. The van der Waals surface area contributed by atoms with Crippen LogP contribution in [0.3, 0.4) is 0 Å². The minimum atomic E-state index is -0.511. The van der Waals surface area contributed by atoms with Crippen LogP contribution in [0.1, 0.15) is 36.6 Å². The van der Waals surface area contributed by atoms with Gasteiger partial charge in [-0.2, -0.15) is 5.26 Å². The van der Waals surface area contributed by atoms with Gasteiger partial charge in [-0.25, -0.2) is 9.18 Å². The molecule has 0 bridgehead atoms. The van der Waals surface area contributed by atoms with E-state index in [2.05, 4.69) is 36.5 Å². The molecule has 1 aliphatic rings. The van der Waals surface area contributed by atoms with Crippen LogP contribution >= 0.6 is 0 Å².